The molecule has 1 heterocycles. The summed E-state index contributed by atoms with van der Waals surface area (Å²) in [7, 11) is 0. The van der Waals surface area contributed by atoms with Gasteiger partial charge >= 0.3 is 0 Å². The minimum absolute atomic E-state index is 0.0443. The standard InChI is InChI=1S/C19H20N2O3/c1-12-8-9-17-16(10-12)21(19(23)14(3)24-17)11-18(22)20-15-7-5-4-6-13(15)2/h4-10,14H,11H2,1-3H3,(H,20,22). The van der Waals surface area contributed by atoms with Crippen LogP contribution >= 0.6 is 0 Å². The Morgan fingerprint density at radius 3 is 2.71 bits per heavy atom. The summed E-state index contributed by atoms with van der Waals surface area (Å²) in [6.07, 6.45) is -0.605. The minimum Gasteiger partial charge on any atom is -0.479 e. The van der Waals surface area contributed by atoms with Crippen molar-refractivity contribution >= 4 is 23.2 Å². The summed E-state index contributed by atoms with van der Waals surface area (Å²) < 4.78 is 5.63. The van der Waals surface area contributed by atoms with Crippen LogP contribution in [0.1, 0.15) is 18.1 Å². The van der Waals surface area contributed by atoms with Crippen LogP contribution in [0.25, 0.3) is 0 Å². The van der Waals surface area contributed by atoms with E-state index in [1.54, 1.807) is 6.92 Å². The molecule has 2 amide bonds. The molecule has 0 spiro atoms. The molecule has 0 saturated carbocycles. The first kappa shape index (κ1) is 16.1. The van der Waals surface area contributed by atoms with E-state index in [9.17, 15) is 9.59 Å². The molecule has 5 heteroatoms. The second-order valence-electron chi connectivity index (χ2n) is 6.02. The van der Waals surface area contributed by atoms with Crippen LogP contribution in [0, 0.1) is 13.8 Å². The number of nitrogens with one attached hydrogen (secondary N) is 1. The Morgan fingerprint density at radius 1 is 1.21 bits per heavy atom. The van der Waals surface area contributed by atoms with E-state index in [0.29, 0.717) is 11.4 Å². The second-order valence-corrected chi connectivity index (χ2v) is 6.02. The molecule has 0 saturated heterocycles. The molecule has 1 aliphatic rings. The van der Waals surface area contributed by atoms with E-state index < -0.39 is 6.10 Å². The number of carbonyl (C=O) groups is 2. The average Bonchev–Trinajstić information content (AvgIpc) is 2.55. The summed E-state index contributed by atoms with van der Waals surface area (Å²) in [5.74, 6) is 0.170. The molecular formula is C19H20N2O3. The number of rotatable bonds is 3. The maximum atomic E-state index is 12.5. The quantitative estimate of drug-likeness (QED) is 0.944. The molecule has 1 unspecified atom stereocenters. The largest absolute Gasteiger partial charge is 0.479 e. The normalized spacial score (nSPS) is 16.4. The van der Waals surface area contributed by atoms with Crippen LogP contribution in [0.3, 0.4) is 0 Å². The smallest absolute Gasteiger partial charge is 0.268 e. The lowest BCUT2D eigenvalue weighted by Crippen LogP contribution is -2.47. The third-order valence-corrected chi connectivity index (χ3v) is 4.04. The topological polar surface area (TPSA) is 58.6 Å². The number of hydrogen-bond donors (Lipinski definition) is 1. The molecule has 124 valence electrons. The predicted molar refractivity (Wildman–Crippen MR) is 93.4 cm³/mol. The number of hydrogen-bond acceptors (Lipinski definition) is 3. The summed E-state index contributed by atoms with van der Waals surface area (Å²) >= 11 is 0. The number of nitrogens with zero attached hydrogens (tertiary/aromatic N) is 1. The van der Waals surface area contributed by atoms with E-state index in [4.69, 9.17) is 4.74 Å². The second kappa shape index (κ2) is 6.35. The Kier molecular flexibility index (Phi) is 4.25. The van der Waals surface area contributed by atoms with Crippen LogP contribution in [0.5, 0.6) is 5.75 Å². The van der Waals surface area contributed by atoms with Crippen molar-refractivity contribution in [1.29, 1.82) is 0 Å². The van der Waals surface area contributed by atoms with Gasteiger partial charge in [0.25, 0.3) is 5.91 Å². The first-order valence-electron chi connectivity index (χ1n) is 7.90. The molecule has 0 bridgehead atoms. The van der Waals surface area contributed by atoms with Gasteiger partial charge in [0.1, 0.15) is 12.3 Å². The Hall–Kier alpha value is -2.82. The van der Waals surface area contributed by atoms with Crippen molar-refractivity contribution < 1.29 is 14.3 Å². The van der Waals surface area contributed by atoms with E-state index in [2.05, 4.69) is 5.32 Å². The maximum Gasteiger partial charge on any atom is 0.268 e. The van der Waals surface area contributed by atoms with Gasteiger partial charge in [-0.3, -0.25) is 14.5 Å². The van der Waals surface area contributed by atoms with Crippen LogP contribution in [0.4, 0.5) is 11.4 Å². The lowest BCUT2D eigenvalue weighted by Gasteiger charge is -2.32. The molecule has 24 heavy (non-hydrogen) atoms. The minimum atomic E-state index is -0.605. The van der Waals surface area contributed by atoms with Gasteiger partial charge in [-0.2, -0.15) is 0 Å². The molecule has 1 atom stereocenters. The van der Waals surface area contributed by atoms with Gasteiger partial charge < -0.3 is 10.1 Å². The predicted octanol–water partition coefficient (Wildman–Crippen LogP) is 3.06. The third-order valence-electron chi connectivity index (χ3n) is 4.04. The van der Waals surface area contributed by atoms with Gasteiger partial charge in [-0.15, -0.1) is 0 Å². The zero-order valence-corrected chi connectivity index (χ0v) is 14.0. The van der Waals surface area contributed by atoms with Crippen molar-refractivity contribution in [3.8, 4) is 5.75 Å². The molecule has 2 aromatic carbocycles. The highest BCUT2D eigenvalue weighted by molar-refractivity contribution is 6.06. The lowest BCUT2D eigenvalue weighted by atomic mass is 10.1. The third kappa shape index (κ3) is 3.11. The zero-order chi connectivity index (χ0) is 17.3. The van der Waals surface area contributed by atoms with E-state index in [0.717, 1.165) is 16.8 Å². The number of amides is 2. The highest BCUT2D eigenvalue weighted by Gasteiger charge is 2.32. The highest BCUT2D eigenvalue weighted by Crippen LogP contribution is 2.34. The van der Waals surface area contributed by atoms with E-state index in [1.165, 1.54) is 4.90 Å². The molecular weight excluding hydrogens is 304 g/mol. The first-order chi connectivity index (χ1) is 11.5. The lowest BCUT2D eigenvalue weighted by molar-refractivity contribution is -0.127. The molecule has 0 radical (unpaired) electrons. The van der Waals surface area contributed by atoms with E-state index in [-0.39, 0.29) is 18.4 Å². The number of aryl methyl sites for hydroxylation is 2. The van der Waals surface area contributed by atoms with Gasteiger partial charge in [-0.1, -0.05) is 24.3 Å². The van der Waals surface area contributed by atoms with Crippen molar-refractivity contribution in [2.45, 2.75) is 26.9 Å². The van der Waals surface area contributed by atoms with Crippen LogP contribution in [0.2, 0.25) is 0 Å². The van der Waals surface area contributed by atoms with Crippen LogP contribution < -0.4 is 15.0 Å². The van der Waals surface area contributed by atoms with Gasteiger partial charge in [-0.05, 0) is 50.1 Å². The zero-order valence-electron chi connectivity index (χ0n) is 14.0. The highest BCUT2D eigenvalue weighted by atomic mass is 16.5. The van der Waals surface area contributed by atoms with Crippen molar-refractivity contribution in [2.24, 2.45) is 0 Å². The van der Waals surface area contributed by atoms with Gasteiger partial charge in [0.2, 0.25) is 5.91 Å². The summed E-state index contributed by atoms with van der Waals surface area (Å²) in [6.45, 7) is 5.51. The number of para-hydroxylation sites is 1. The number of anilines is 2. The van der Waals surface area contributed by atoms with Crippen molar-refractivity contribution in [1.82, 2.24) is 0 Å². The van der Waals surface area contributed by atoms with E-state index >= 15 is 0 Å². The van der Waals surface area contributed by atoms with Gasteiger partial charge in [0, 0.05) is 5.69 Å². The number of fused-ring (bicyclic) bond motifs is 1. The Bertz CT molecular complexity index is 801. The fourth-order valence-electron chi connectivity index (χ4n) is 2.73. The van der Waals surface area contributed by atoms with E-state index in [1.807, 2.05) is 56.3 Å². The fourth-order valence-corrected chi connectivity index (χ4v) is 2.73. The summed E-state index contributed by atoms with van der Waals surface area (Å²) in [5.41, 5.74) is 3.37. The first-order valence-corrected chi connectivity index (χ1v) is 7.90. The SMILES string of the molecule is Cc1ccc2c(c1)N(CC(=O)Nc1ccccc1C)C(=O)C(C)O2. The summed E-state index contributed by atoms with van der Waals surface area (Å²) in [4.78, 5) is 26.4. The molecule has 5 nitrogen and oxygen atoms in total. The average molecular weight is 324 g/mol. The maximum absolute atomic E-state index is 12.5. The molecule has 0 fully saturated rings. The molecule has 1 N–H and O–H groups in total. The Labute approximate surface area is 141 Å². The monoisotopic (exact) mass is 324 g/mol. The van der Waals surface area contributed by atoms with Crippen LogP contribution in [0.15, 0.2) is 42.5 Å². The molecule has 0 aliphatic carbocycles. The summed E-state index contributed by atoms with van der Waals surface area (Å²) in [6, 6.07) is 13.2. The Morgan fingerprint density at radius 2 is 1.96 bits per heavy atom. The van der Waals surface area contributed by atoms with Gasteiger partial charge in [0.05, 0.1) is 5.69 Å². The number of carbonyl (C=O) groups excluding carboxylic acids is 2. The van der Waals surface area contributed by atoms with Crippen LogP contribution in [-0.4, -0.2) is 24.5 Å². The van der Waals surface area contributed by atoms with Crippen molar-refractivity contribution in [2.75, 3.05) is 16.8 Å². The van der Waals surface area contributed by atoms with Crippen molar-refractivity contribution in [3.05, 3.63) is 53.6 Å². The number of benzene rings is 2. The molecule has 1 aliphatic heterocycles. The van der Waals surface area contributed by atoms with Crippen molar-refractivity contribution in [3.63, 3.8) is 0 Å². The molecule has 0 aromatic heterocycles. The molecule has 3 rings (SSSR count). The molecule has 2 aromatic rings. The van der Waals surface area contributed by atoms with Gasteiger partial charge in [-0.25, -0.2) is 0 Å². The number of ether oxygens (including phenoxy) is 1. The fraction of sp³-hybridized carbons (Fsp3) is 0.263. The van der Waals surface area contributed by atoms with Crippen LogP contribution in [-0.2, 0) is 9.59 Å². The summed E-state index contributed by atoms with van der Waals surface area (Å²) in [5, 5.41) is 2.86. The Balaban J connectivity index is 1.83. The van der Waals surface area contributed by atoms with Gasteiger partial charge in [0.15, 0.2) is 6.10 Å².